The molecule has 1 atom stereocenters. The largest absolute Gasteiger partial charge is 0.456 e. The molecule has 2 N–H and O–H groups in total. The first kappa shape index (κ1) is 14.0. The fraction of sp³-hybridized carbons (Fsp3) is 0.417. The van der Waals surface area contributed by atoms with Crippen molar-refractivity contribution in [1.82, 2.24) is 0 Å². The molecular weight excluding hydrogens is 248 g/mol. The van der Waals surface area contributed by atoms with Gasteiger partial charge in [-0.3, -0.25) is 0 Å². The summed E-state index contributed by atoms with van der Waals surface area (Å²) in [6.45, 7) is 3.72. The van der Waals surface area contributed by atoms with Crippen LogP contribution in [0.1, 0.15) is 20.3 Å². The van der Waals surface area contributed by atoms with Gasteiger partial charge in [0.25, 0.3) is 0 Å². The first-order valence-corrected chi connectivity index (χ1v) is 6.30. The van der Waals surface area contributed by atoms with E-state index in [9.17, 15) is 0 Å². The van der Waals surface area contributed by atoms with Gasteiger partial charge in [-0.25, -0.2) is 0 Å². The van der Waals surface area contributed by atoms with Gasteiger partial charge in [-0.05, 0) is 19.1 Å². The van der Waals surface area contributed by atoms with Crippen molar-refractivity contribution in [2.45, 2.75) is 25.2 Å². The number of ether oxygens (including phenoxy) is 1. The second-order valence-electron chi connectivity index (χ2n) is 3.72. The second-order valence-corrected chi connectivity index (χ2v) is 5.20. The molecule has 1 heterocycles. The Bertz CT molecular complexity index is 528. The van der Waals surface area contributed by atoms with Crippen molar-refractivity contribution >= 4 is 11.8 Å². The molecule has 1 aliphatic rings. The van der Waals surface area contributed by atoms with Crippen LogP contribution in [0.3, 0.4) is 0 Å². The van der Waals surface area contributed by atoms with Crippen molar-refractivity contribution in [1.29, 1.82) is 15.8 Å². The molecule has 0 amide bonds. The van der Waals surface area contributed by atoms with Crippen LogP contribution in [-0.4, -0.2) is 10.7 Å². The van der Waals surface area contributed by atoms with Gasteiger partial charge in [-0.1, -0.05) is 6.92 Å². The standard InChI is InChI=1S/C12H12N4OS/c1-3-4-18-12(2)10(8(5-13)6-14)9(7-15)11(16)17-12/h3-4,16H2,1-2H3. The predicted molar refractivity (Wildman–Crippen MR) is 67.3 cm³/mol. The molecular formula is C12H12N4OS. The van der Waals surface area contributed by atoms with E-state index in [0.29, 0.717) is 0 Å². The minimum Gasteiger partial charge on any atom is -0.456 e. The number of hydrogen-bond donors (Lipinski definition) is 1. The van der Waals surface area contributed by atoms with Gasteiger partial charge in [-0.15, -0.1) is 11.8 Å². The molecule has 0 radical (unpaired) electrons. The van der Waals surface area contributed by atoms with E-state index in [4.69, 9.17) is 26.3 Å². The maximum atomic E-state index is 9.07. The molecule has 0 aromatic rings. The van der Waals surface area contributed by atoms with Crippen molar-refractivity contribution in [3.63, 3.8) is 0 Å². The quantitative estimate of drug-likeness (QED) is 0.777. The van der Waals surface area contributed by atoms with E-state index in [0.717, 1.165) is 12.2 Å². The maximum Gasteiger partial charge on any atom is 0.204 e. The third-order valence-electron chi connectivity index (χ3n) is 2.42. The second kappa shape index (κ2) is 5.49. The SMILES string of the molecule is CCCSC1(C)OC(N)=C(C#N)C1=C(C#N)C#N. The van der Waals surface area contributed by atoms with E-state index in [1.807, 2.05) is 13.0 Å². The smallest absolute Gasteiger partial charge is 0.204 e. The van der Waals surface area contributed by atoms with Crippen LogP contribution < -0.4 is 5.73 Å². The van der Waals surface area contributed by atoms with Crippen molar-refractivity contribution in [2.75, 3.05) is 5.75 Å². The number of thioether (sulfide) groups is 1. The molecule has 5 nitrogen and oxygen atoms in total. The van der Waals surface area contributed by atoms with Crippen LogP contribution in [-0.2, 0) is 4.74 Å². The Hall–Kier alpha value is -2.10. The van der Waals surface area contributed by atoms with E-state index < -0.39 is 4.93 Å². The van der Waals surface area contributed by atoms with E-state index in [1.54, 1.807) is 19.1 Å². The lowest BCUT2D eigenvalue weighted by molar-refractivity contribution is 0.150. The van der Waals surface area contributed by atoms with Gasteiger partial charge < -0.3 is 10.5 Å². The van der Waals surface area contributed by atoms with E-state index >= 15 is 0 Å². The summed E-state index contributed by atoms with van der Waals surface area (Å²) in [4.78, 5) is -0.939. The molecule has 92 valence electrons. The van der Waals surface area contributed by atoms with Crippen molar-refractivity contribution in [3.8, 4) is 18.2 Å². The molecule has 0 spiro atoms. The van der Waals surface area contributed by atoms with Crippen molar-refractivity contribution in [2.24, 2.45) is 5.73 Å². The number of rotatable bonds is 3. The molecule has 1 rings (SSSR count). The Morgan fingerprint density at radius 1 is 1.39 bits per heavy atom. The predicted octanol–water partition coefficient (Wildman–Crippen LogP) is 1.91. The van der Waals surface area contributed by atoms with Crippen LogP contribution in [0, 0.1) is 34.0 Å². The fourth-order valence-corrected chi connectivity index (χ4v) is 2.75. The molecule has 0 aliphatic carbocycles. The van der Waals surface area contributed by atoms with Crippen LogP contribution in [0.4, 0.5) is 0 Å². The average molecular weight is 260 g/mol. The molecule has 1 unspecified atom stereocenters. The molecule has 6 heteroatoms. The molecule has 0 aromatic heterocycles. The Morgan fingerprint density at radius 2 is 2.00 bits per heavy atom. The minimum absolute atomic E-state index is 0.0263. The van der Waals surface area contributed by atoms with Gasteiger partial charge in [0.05, 0.1) is 5.57 Å². The molecule has 1 aliphatic heterocycles. The van der Waals surface area contributed by atoms with E-state index in [-0.39, 0.29) is 22.6 Å². The average Bonchev–Trinajstić information content (AvgIpc) is 2.61. The Balaban J connectivity index is 3.37. The molecule has 0 aromatic carbocycles. The van der Waals surface area contributed by atoms with Crippen LogP contribution in [0.25, 0.3) is 0 Å². The monoisotopic (exact) mass is 260 g/mol. The highest BCUT2D eigenvalue weighted by Gasteiger charge is 2.44. The lowest BCUT2D eigenvalue weighted by Gasteiger charge is -2.25. The number of hydrogen-bond acceptors (Lipinski definition) is 6. The minimum atomic E-state index is -0.939. The molecule has 0 bridgehead atoms. The number of allylic oxidation sites excluding steroid dienone is 1. The highest BCUT2D eigenvalue weighted by atomic mass is 32.2. The number of nitrogens with two attached hydrogens (primary N) is 1. The molecule has 18 heavy (non-hydrogen) atoms. The number of nitrogens with zero attached hydrogens (tertiary/aromatic N) is 3. The first-order chi connectivity index (χ1) is 8.53. The third kappa shape index (κ3) is 2.27. The lowest BCUT2D eigenvalue weighted by atomic mass is 9.99. The Labute approximate surface area is 110 Å². The topological polar surface area (TPSA) is 107 Å². The summed E-state index contributed by atoms with van der Waals surface area (Å²) in [7, 11) is 0. The summed E-state index contributed by atoms with van der Waals surface area (Å²) < 4.78 is 5.49. The van der Waals surface area contributed by atoms with Crippen LogP contribution in [0.2, 0.25) is 0 Å². The third-order valence-corrected chi connectivity index (χ3v) is 3.87. The Morgan fingerprint density at radius 3 is 2.44 bits per heavy atom. The van der Waals surface area contributed by atoms with Gasteiger partial charge in [0, 0.05) is 0 Å². The summed E-state index contributed by atoms with van der Waals surface area (Å²) in [5.41, 5.74) is 5.88. The molecule has 0 saturated carbocycles. The van der Waals surface area contributed by atoms with E-state index in [1.165, 1.54) is 11.8 Å². The molecule has 0 fully saturated rings. The number of nitriles is 3. The highest BCUT2D eigenvalue weighted by molar-refractivity contribution is 8.00. The van der Waals surface area contributed by atoms with Gasteiger partial charge >= 0.3 is 0 Å². The zero-order valence-corrected chi connectivity index (χ0v) is 11.0. The fourth-order valence-electron chi connectivity index (χ4n) is 1.66. The van der Waals surface area contributed by atoms with Crippen LogP contribution in [0.5, 0.6) is 0 Å². The zero-order valence-electron chi connectivity index (χ0n) is 10.1. The summed E-state index contributed by atoms with van der Waals surface area (Å²) in [5.74, 6) is 0.748. The van der Waals surface area contributed by atoms with Gasteiger partial charge in [0.2, 0.25) is 5.88 Å². The van der Waals surface area contributed by atoms with Crippen LogP contribution in [0.15, 0.2) is 22.6 Å². The lowest BCUT2D eigenvalue weighted by Crippen LogP contribution is -2.24. The summed E-state index contributed by atoms with van der Waals surface area (Å²) in [5, 5.41) is 27.0. The highest BCUT2D eigenvalue weighted by Crippen LogP contribution is 2.46. The normalized spacial score (nSPS) is 21.8. The molecule has 0 saturated heterocycles. The van der Waals surface area contributed by atoms with Gasteiger partial charge in [-0.2, -0.15) is 15.8 Å². The van der Waals surface area contributed by atoms with Gasteiger partial charge in [0.15, 0.2) is 4.93 Å². The van der Waals surface area contributed by atoms with Crippen molar-refractivity contribution in [3.05, 3.63) is 22.6 Å². The summed E-state index contributed by atoms with van der Waals surface area (Å²) >= 11 is 1.42. The van der Waals surface area contributed by atoms with E-state index in [2.05, 4.69) is 0 Å². The Kier molecular flexibility index (Phi) is 4.26. The first-order valence-electron chi connectivity index (χ1n) is 5.32. The van der Waals surface area contributed by atoms with Gasteiger partial charge in [0.1, 0.15) is 29.4 Å². The zero-order chi connectivity index (χ0) is 13.8. The van der Waals surface area contributed by atoms with Crippen LogP contribution >= 0.6 is 11.8 Å². The summed E-state index contributed by atoms with van der Waals surface area (Å²) in [6, 6.07) is 5.49. The van der Waals surface area contributed by atoms with Crippen molar-refractivity contribution < 1.29 is 4.74 Å². The summed E-state index contributed by atoms with van der Waals surface area (Å²) in [6.07, 6.45) is 0.910. The maximum absolute atomic E-state index is 9.07.